The van der Waals surface area contributed by atoms with Crippen LogP contribution in [0.1, 0.15) is 56.3 Å². The second-order valence-corrected chi connectivity index (χ2v) is 15.3. The summed E-state index contributed by atoms with van der Waals surface area (Å²) in [7, 11) is -3.73. The predicted molar refractivity (Wildman–Crippen MR) is 172 cm³/mol. The summed E-state index contributed by atoms with van der Waals surface area (Å²) in [6.07, 6.45) is 5.03. The fraction of sp³-hybridized carbons (Fsp3) is 0.394. The van der Waals surface area contributed by atoms with Crippen molar-refractivity contribution in [1.29, 1.82) is 0 Å². The van der Waals surface area contributed by atoms with Crippen molar-refractivity contribution in [3.05, 3.63) is 65.4 Å². The van der Waals surface area contributed by atoms with Gasteiger partial charge in [0.05, 0.1) is 32.3 Å². The number of thiophene rings is 1. The van der Waals surface area contributed by atoms with Crippen molar-refractivity contribution >= 4 is 42.8 Å². The number of ether oxygens (including phenoxy) is 1. The maximum absolute atomic E-state index is 14.0. The van der Waals surface area contributed by atoms with Gasteiger partial charge in [0.15, 0.2) is 21.5 Å². The second-order valence-electron chi connectivity index (χ2n) is 12.3. The molecule has 1 aromatic carbocycles. The van der Waals surface area contributed by atoms with E-state index in [9.17, 15) is 17.2 Å². The lowest BCUT2D eigenvalue weighted by atomic mass is 9.89. The highest BCUT2D eigenvalue weighted by atomic mass is 32.2. The van der Waals surface area contributed by atoms with Gasteiger partial charge in [-0.25, -0.2) is 22.2 Å². The Balaban J connectivity index is 1.44. The molecule has 0 radical (unpaired) electrons. The van der Waals surface area contributed by atoms with Crippen LogP contribution >= 0.6 is 11.3 Å². The molecule has 0 bridgehead atoms. The normalized spacial score (nSPS) is 18.0. The molecule has 2 aliphatic rings. The molecule has 4 aromatic heterocycles. The van der Waals surface area contributed by atoms with Crippen LogP contribution in [0.3, 0.4) is 0 Å². The second kappa shape index (κ2) is 12.1. The molecule has 1 fully saturated rings. The van der Waals surface area contributed by atoms with Crippen molar-refractivity contribution in [3.63, 3.8) is 0 Å². The van der Waals surface area contributed by atoms with Crippen LogP contribution in [-0.2, 0) is 21.0 Å². The molecule has 5 aromatic rings. The number of pyridine rings is 2. The number of aryl methyl sites for hydroxylation is 2. The number of hydrogen-bond donors (Lipinski definition) is 1. The number of aromatic nitrogens is 4. The van der Waals surface area contributed by atoms with Crippen molar-refractivity contribution in [1.82, 2.24) is 20.2 Å². The molecule has 13 heteroatoms. The zero-order chi connectivity index (χ0) is 32.2. The fourth-order valence-corrected chi connectivity index (χ4v) is 9.86. The highest BCUT2D eigenvalue weighted by Gasteiger charge is 2.43. The van der Waals surface area contributed by atoms with E-state index in [1.165, 1.54) is 17.4 Å². The van der Waals surface area contributed by atoms with Gasteiger partial charge in [0.2, 0.25) is 11.8 Å². The number of nitrogens with one attached hydrogen (secondary N) is 1. The van der Waals surface area contributed by atoms with Gasteiger partial charge in [-0.1, -0.05) is 13.8 Å². The average molecular weight is 666 g/mol. The van der Waals surface area contributed by atoms with Gasteiger partial charge in [-0.2, -0.15) is 0 Å². The highest BCUT2D eigenvalue weighted by Crippen LogP contribution is 2.51. The topological polar surface area (TPSA) is 120 Å². The summed E-state index contributed by atoms with van der Waals surface area (Å²) >= 11 is 1.36. The average Bonchev–Trinajstić information content (AvgIpc) is 3.73. The molecule has 0 spiro atoms. The molecule has 2 aliphatic heterocycles. The van der Waals surface area contributed by atoms with Crippen LogP contribution in [0.2, 0.25) is 0 Å². The van der Waals surface area contributed by atoms with E-state index in [4.69, 9.17) is 14.1 Å². The van der Waals surface area contributed by atoms with Gasteiger partial charge in [0.25, 0.3) is 0 Å². The van der Waals surface area contributed by atoms with Gasteiger partial charge in [0, 0.05) is 54.4 Å². The molecule has 240 valence electrons. The summed E-state index contributed by atoms with van der Waals surface area (Å²) in [4.78, 5) is 10.5. The van der Waals surface area contributed by atoms with E-state index in [1.807, 2.05) is 26.0 Å². The highest BCUT2D eigenvalue weighted by molar-refractivity contribution is 7.92. The summed E-state index contributed by atoms with van der Waals surface area (Å²) in [6, 6.07) is 7.32. The van der Waals surface area contributed by atoms with Crippen LogP contribution in [-0.4, -0.2) is 47.5 Å². The number of benzene rings is 1. The molecule has 7 rings (SSSR count). The quantitative estimate of drug-likeness (QED) is 0.178. The van der Waals surface area contributed by atoms with Gasteiger partial charge in [-0.05, 0) is 67.2 Å². The first kappa shape index (κ1) is 30.8. The van der Waals surface area contributed by atoms with Gasteiger partial charge >= 0.3 is 0 Å². The van der Waals surface area contributed by atoms with E-state index in [2.05, 4.69) is 20.5 Å². The van der Waals surface area contributed by atoms with E-state index in [0.29, 0.717) is 51.4 Å². The van der Waals surface area contributed by atoms with Gasteiger partial charge in [0.1, 0.15) is 5.82 Å². The Bertz CT molecular complexity index is 2050. The Morgan fingerprint density at radius 2 is 1.87 bits per heavy atom. The first-order chi connectivity index (χ1) is 22.1. The van der Waals surface area contributed by atoms with Crippen LogP contribution < -0.4 is 5.32 Å². The van der Waals surface area contributed by atoms with E-state index >= 15 is 0 Å². The summed E-state index contributed by atoms with van der Waals surface area (Å²) in [5.74, 6) is -0.676. The molecule has 1 unspecified atom stereocenters. The summed E-state index contributed by atoms with van der Waals surface area (Å²) in [6.45, 7) is 7.21. The summed E-state index contributed by atoms with van der Waals surface area (Å²) in [5.41, 5.74) is 2.70. The van der Waals surface area contributed by atoms with E-state index in [-0.39, 0.29) is 28.4 Å². The predicted octanol–water partition coefficient (Wildman–Crippen LogP) is 7.62. The number of sulfone groups is 1. The zero-order valence-corrected chi connectivity index (χ0v) is 27.3. The van der Waals surface area contributed by atoms with Crippen LogP contribution in [0.15, 0.2) is 45.8 Å². The SMILES string of the molecule is Cc1nnc(-c2c(CCC3CCOCC3)nc3c(c2-c2cc4ccnc(Nc5ccc(F)c(F)c5)c4s2)S(=O)(=O)CC3C(C)C)o1. The van der Waals surface area contributed by atoms with E-state index in [1.54, 1.807) is 13.1 Å². The molecule has 6 heterocycles. The molecular weight excluding hydrogens is 633 g/mol. The molecule has 46 heavy (non-hydrogen) atoms. The van der Waals surface area contributed by atoms with Crippen molar-refractivity contribution in [2.45, 2.75) is 57.3 Å². The Morgan fingerprint density at radius 3 is 2.59 bits per heavy atom. The number of rotatable bonds is 8. The fourth-order valence-electron chi connectivity index (χ4n) is 6.42. The van der Waals surface area contributed by atoms with Crippen LogP contribution in [0.25, 0.3) is 32.0 Å². The smallest absolute Gasteiger partial charge is 0.250 e. The molecular formula is C33H33F2N5O4S2. The third-order valence-corrected chi connectivity index (χ3v) is 11.9. The minimum absolute atomic E-state index is 0.0267. The van der Waals surface area contributed by atoms with E-state index < -0.39 is 21.5 Å². The number of fused-ring (bicyclic) bond motifs is 2. The monoisotopic (exact) mass is 665 g/mol. The molecule has 1 saturated heterocycles. The lowest BCUT2D eigenvalue weighted by Crippen LogP contribution is -2.17. The Hall–Kier alpha value is -3.81. The maximum Gasteiger partial charge on any atom is 0.250 e. The summed E-state index contributed by atoms with van der Waals surface area (Å²) < 4.78 is 68.0. The van der Waals surface area contributed by atoms with Crippen LogP contribution in [0.5, 0.6) is 0 Å². The molecule has 1 N–H and O–H groups in total. The van der Waals surface area contributed by atoms with Crippen LogP contribution in [0, 0.1) is 30.4 Å². The third-order valence-electron chi connectivity index (χ3n) is 8.85. The molecule has 1 atom stereocenters. The lowest BCUT2D eigenvalue weighted by Gasteiger charge is -2.23. The minimum Gasteiger partial charge on any atom is -0.421 e. The van der Waals surface area contributed by atoms with Crippen LogP contribution in [0.4, 0.5) is 20.3 Å². The van der Waals surface area contributed by atoms with Gasteiger partial charge in [-0.15, -0.1) is 21.5 Å². The Kier molecular flexibility index (Phi) is 8.10. The number of nitrogens with zero attached hydrogens (tertiary/aromatic N) is 4. The Morgan fingerprint density at radius 1 is 1.07 bits per heavy atom. The standard InChI is InChI=1S/C33H33F2N5O4S2/c1-17(2)22-16-46(41,42)31-28(26-14-20-8-11-36-32(30(20)45-26)37-21-5-6-23(34)24(35)15-21)27(33-40-39-18(3)44-33)25(38-29(22)31)7-4-19-9-12-43-13-10-19/h5-6,8,11,14-15,17,19,22H,4,7,9-10,12-13,16H2,1-3H3,(H,36,37). The number of hydrogen-bond acceptors (Lipinski definition) is 10. The zero-order valence-electron chi connectivity index (χ0n) is 25.6. The third kappa shape index (κ3) is 5.69. The van der Waals surface area contributed by atoms with E-state index in [0.717, 1.165) is 60.4 Å². The lowest BCUT2D eigenvalue weighted by molar-refractivity contribution is 0.0639. The minimum atomic E-state index is -3.73. The summed E-state index contributed by atoms with van der Waals surface area (Å²) in [5, 5.41) is 12.4. The first-order valence-corrected chi connectivity index (χ1v) is 17.8. The van der Waals surface area contributed by atoms with Crippen molar-refractivity contribution in [3.8, 4) is 21.9 Å². The molecule has 0 amide bonds. The molecule has 0 saturated carbocycles. The number of anilines is 2. The number of halogens is 2. The Labute approximate surface area is 269 Å². The van der Waals surface area contributed by atoms with Crippen molar-refractivity contribution < 1.29 is 26.4 Å². The van der Waals surface area contributed by atoms with Gasteiger partial charge in [-0.3, -0.25) is 4.98 Å². The first-order valence-electron chi connectivity index (χ1n) is 15.4. The largest absolute Gasteiger partial charge is 0.421 e. The maximum atomic E-state index is 14.0. The molecule has 0 aliphatic carbocycles. The van der Waals surface area contributed by atoms with Crippen molar-refractivity contribution in [2.24, 2.45) is 11.8 Å². The van der Waals surface area contributed by atoms with Gasteiger partial charge < -0.3 is 14.5 Å². The van der Waals surface area contributed by atoms with Crippen molar-refractivity contribution in [2.75, 3.05) is 24.3 Å². The molecule has 9 nitrogen and oxygen atoms in total.